The average Bonchev–Trinajstić information content (AvgIpc) is 2.78. The fourth-order valence-corrected chi connectivity index (χ4v) is 2.86. The van der Waals surface area contributed by atoms with Crippen molar-refractivity contribution in [3.05, 3.63) is 106 Å². The van der Waals surface area contributed by atoms with E-state index in [9.17, 15) is 14.9 Å². The van der Waals surface area contributed by atoms with Crippen LogP contribution in [0.3, 0.4) is 0 Å². The number of amides is 1. The number of nitro benzene ring substituents is 1. The second-order valence-corrected chi connectivity index (χ2v) is 6.55. The second-order valence-electron chi connectivity index (χ2n) is 6.55. The Labute approximate surface area is 175 Å². The molecule has 6 nitrogen and oxygen atoms in total. The molecule has 0 heterocycles. The van der Waals surface area contributed by atoms with Crippen molar-refractivity contribution in [3.8, 4) is 5.75 Å². The molecule has 3 aromatic rings. The van der Waals surface area contributed by atoms with Crippen molar-refractivity contribution in [1.29, 1.82) is 0 Å². The smallest absolute Gasteiger partial charge is 0.273 e. The molecule has 3 aromatic carbocycles. The number of nitrogens with one attached hydrogen (secondary N) is 1. The van der Waals surface area contributed by atoms with Crippen molar-refractivity contribution in [3.63, 3.8) is 0 Å². The Morgan fingerprint density at radius 3 is 2.37 bits per heavy atom. The van der Waals surface area contributed by atoms with Gasteiger partial charge in [-0.1, -0.05) is 66.7 Å². The standard InChI is InChI=1S/C24H22N2O4/c27-24(25-15-8-16-30-22-14-7-13-21(18-22)26(28)29)23(20-11-5-2-6-12-20)17-19-9-3-1-4-10-19/h1-7,9-14,17-18H,8,15-16H2,(H,25,27)/b23-17+. The largest absolute Gasteiger partial charge is 0.493 e. The topological polar surface area (TPSA) is 81.5 Å². The molecule has 0 bridgehead atoms. The Kier molecular flexibility index (Phi) is 7.33. The number of benzene rings is 3. The second kappa shape index (κ2) is 10.6. The maximum atomic E-state index is 12.8. The number of ether oxygens (including phenoxy) is 1. The van der Waals surface area contributed by atoms with Gasteiger partial charge in [0.25, 0.3) is 11.6 Å². The molecule has 0 fully saturated rings. The fourth-order valence-electron chi connectivity index (χ4n) is 2.86. The summed E-state index contributed by atoms with van der Waals surface area (Å²) < 4.78 is 5.55. The number of carbonyl (C=O) groups excluding carboxylic acids is 1. The molecule has 0 aliphatic rings. The van der Waals surface area contributed by atoms with Crippen LogP contribution in [-0.4, -0.2) is 24.0 Å². The zero-order chi connectivity index (χ0) is 21.2. The molecule has 0 atom stereocenters. The highest BCUT2D eigenvalue weighted by atomic mass is 16.6. The number of hydrogen-bond acceptors (Lipinski definition) is 4. The molecule has 1 amide bonds. The van der Waals surface area contributed by atoms with Gasteiger partial charge in [0.2, 0.25) is 0 Å². The van der Waals surface area contributed by atoms with Crippen LogP contribution in [0.5, 0.6) is 5.75 Å². The lowest BCUT2D eigenvalue weighted by atomic mass is 10.0. The van der Waals surface area contributed by atoms with Crippen molar-refractivity contribution in [2.45, 2.75) is 6.42 Å². The number of carbonyl (C=O) groups is 1. The van der Waals surface area contributed by atoms with E-state index >= 15 is 0 Å². The molecular formula is C24H22N2O4. The van der Waals surface area contributed by atoms with E-state index in [0.717, 1.165) is 11.1 Å². The molecule has 1 N–H and O–H groups in total. The summed E-state index contributed by atoms with van der Waals surface area (Å²) in [6.07, 6.45) is 2.44. The van der Waals surface area contributed by atoms with Gasteiger partial charge in [0.05, 0.1) is 17.6 Å². The number of nitrogens with zero attached hydrogens (tertiary/aromatic N) is 1. The van der Waals surface area contributed by atoms with E-state index in [4.69, 9.17) is 4.74 Å². The van der Waals surface area contributed by atoms with E-state index in [2.05, 4.69) is 5.32 Å². The Balaban J connectivity index is 1.57. The highest BCUT2D eigenvalue weighted by molar-refractivity contribution is 6.24. The Morgan fingerprint density at radius 1 is 0.967 bits per heavy atom. The minimum atomic E-state index is -0.461. The summed E-state index contributed by atoms with van der Waals surface area (Å²) in [4.78, 5) is 23.2. The molecule has 0 saturated carbocycles. The Hall–Kier alpha value is -3.93. The first-order valence-corrected chi connectivity index (χ1v) is 9.61. The first-order chi connectivity index (χ1) is 14.6. The molecular weight excluding hydrogens is 380 g/mol. The minimum Gasteiger partial charge on any atom is -0.493 e. The van der Waals surface area contributed by atoms with E-state index in [-0.39, 0.29) is 11.6 Å². The molecule has 0 radical (unpaired) electrons. The molecule has 0 aliphatic heterocycles. The third-order valence-corrected chi connectivity index (χ3v) is 4.34. The maximum Gasteiger partial charge on any atom is 0.273 e. The van der Waals surface area contributed by atoms with Gasteiger partial charge in [-0.15, -0.1) is 0 Å². The predicted octanol–water partition coefficient (Wildman–Crippen LogP) is 4.72. The van der Waals surface area contributed by atoms with Gasteiger partial charge in [0.1, 0.15) is 5.75 Å². The summed E-state index contributed by atoms with van der Waals surface area (Å²) >= 11 is 0. The third kappa shape index (κ3) is 6.04. The van der Waals surface area contributed by atoms with Crippen molar-refractivity contribution >= 4 is 23.2 Å². The molecule has 6 heteroatoms. The van der Waals surface area contributed by atoms with Crippen LogP contribution in [0.15, 0.2) is 84.9 Å². The Morgan fingerprint density at radius 2 is 1.67 bits per heavy atom. The summed E-state index contributed by atoms with van der Waals surface area (Å²) in [6, 6.07) is 25.2. The molecule has 0 saturated heterocycles. The van der Waals surface area contributed by atoms with E-state index < -0.39 is 4.92 Å². The fraction of sp³-hybridized carbons (Fsp3) is 0.125. The summed E-state index contributed by atoms with van der Waals surface area (Å²) in [5, 5.41) is 13.7. The van der Waals surface area contributed by atoms with Crippen LogP contribution in [-0.2, 0) is 4.79 Å². The molecule has 0 unspecified atom stereocenters. The first kappa shape index (κ1) is 20.8. The Bertz CT molecular complexity index is 1020. The lowest BCUT2D eigenvalue weighted by Crippen LogP contribution is -2.26. The van der Waals surface area contributed by atoms with Crippen molar-refractivity contribution in [2.75, 3.05) is 13.2 Å². The number of nitro groups is 1. The predicted molar refractivity (Wildman–Crippen MR) is 117 cm³/mol. The molecule has 0 spiro atoms. The quantitative estimate of drug-likeness (QED) is 0.185. The van der Waals surface area contributed by atoms with Gasteiger partial charge in [-0.05, 0) is 29.7 Å². The third-order valence-electron chi connectivity index (χ3n) is 4.34. The van der Waals surface area contributed by atoms with Gasteiger partial charge < -0.3 is 10.1 Å². The molecule has 0 aliphatic carbocycles. The van der Waals surface area contributed by atoms with Crippen LogP contribution < -0.4 is 10.1 Å². The number of hydrogen-bond donors (Lipinski definition) is 1. The average molecular weight is 402 g/mol. The molecule has 3 rings (SSSR count). The lowest BCUT2D eigenvalue weighted by Gasteiger charge is -2.10. The summed E-state index contributed by atoms with van der Waals surface area (Å²) in [7, 11) is 0. The monoisotopic (exact) mass is 402 g/mol. The van der Waals surface area contributed by atoms with Gasteiger partial charge in [0, 0.05) is 18.2 Å². The van der Waals surface area contributed by atoms with Gasteiger partial charge >= 0.3 is 0 Å². The zero-order valence-electron chi connectivity index (χ0n) is 16.4. The van der Waals surface area contributed by atoms with Crippen molar-refractivity contribution in [2.24, 2.45) is 0 Å². The normalized spacial score (nSPS) is 11.0. The van der Waals surface area contributed by atoms with E-state index in [1.807, 2.05) is 66.7 Å². The van der Waals surface area contributed by atoms with Gasteiger partial charge in [-0.3, -0.25) is 14.9 Å². The van der Waals surface area contributed by atoms with Crippen molar-refractivity contribution < 1.29 is 14.5 Å². The summed E-state index contributed by atoms with van der Waals surface area (Å²) in [5.41, 5.74) is 2.35. The minimum absolute atomic E-state index is 0.0145. The molecule has 30 heavy (non-hydrogen) atoms. The first-order valence-electron chi connectivity index (χ1n) is 9.61. The van der Waals surface area contributed by atoms with E-state index in [1.165, 1.54) is 12.1 Å². The van der Waals surface area contributed by atoms with Crippen molar-refractivity contribution in [1.82, 2.24) is 5.32 Å². The van der Waals surface area contributed by atoms with Crippen LogP contribution in [0.25, 0.3) is 11.6 Å². The van der Waals surface area contributed by atoms with Crippen LogP contribution in [0.4, 0.5) is 5.69 Å². The van der Waals surface area contributed by atoms with E-state index in [0.29, 0.717) is 30.9 Å². The number of rotatable bonds is 9. The van der Waals surface area contributed by atoms with Crippen LogP contribution in [0.2, 0.25) is 0 Å². The molecule has 152 valence electrons. The highest BCUT2D eigenvalue weighted by Crippen LogP contribution is 2.20. The summed E-state index contributed by atoms with van der Waals surface area (Å²) in [6.45, 7) is 0.761. The zero-order valence-corrected chi connectivity index (χ0v) is 16.4. The lowest BCUT2D eigenvalue weighted by molar-refractivity contribution is -0.384. The van der Waals surface area contributed by atoms with Crippen LogP contribution in [0.1, 0.15) is 17.5 Å². The van der Waals surface area contributed by atoms with Gasteiger partial charge in [-0.25, -0.2) is 0 Å². The van der Waals surface area contributed by atoms with E-state index in [1.54, 1.807) is 12.1 Å². The van der Waals surface area contributed by atoms with Crippen LogP contribution >= 0.6 is 0 Å². The number of non-ortho nitro benzene ring substituents is 1. The highest BCUT2D eigenvalue weighted by Gasteiger charge is 2.12. The van der Waals surface area contributed by atoms with Gasteiger partial charge in [-0.2, -0.15) is 0 Å². The SMILES string of the molecule is O=C(NCCCOc1cccc([N+](=O)[O-])c1)/C(=C/c1ccccc1)c1ccccc1. The van der Waals surface area contributed by atoms with Gasteiger partial charge in [0.15, 0.2) is 0 Å². The maximum absolute atomic E-state index is 12.8. The van der Waals surface area contributed by atoms with Crippen LogP contribution in [0, 0.1) is 10.1 Å². The molecule has 0 aromatic heterocycles. The summed E-state index contributed by atoms with van der Waals surface area (Å²) in [5.74, 6) is 0.268.